The van der Waals surface area contributed by atoms with Crippen LogP contribution >= 0.6 is 0 Å². The molecule has 192 valence electrons. The molecule has 0 aromatic carbocycles. The maximum absolute atomic E-state index is 7.12. The van der Waals surface area contributed by atoms with Gasteiger partial charge in [-0.1, -0.05) is 78.5 Å². The Kier molecular flexibility index (Phi) is 11.2. The molecule has 0 N–H and O–H groups in total. The minimum absolute atomic E-state index is 0.269. The lowest BCUT2D eigenvalue weighted by molar-refractivity contribution is 0.0847. The van der Waals surface area contributed by atoms with E-state index in [4.69, 9.17) is 8.85 Å². The van der Waals surface area contributed by atoms with E-state index >= 15 is 0 Å². The van der Waals surface area contributed by atoms with Gasteiger partial charge >= 0.3 is 0 Å². The Morgan fingerprint density at radius 3 is 2.18 bits per heavy atom. The monoisotopic (exact) mass is 492 g/mol. The summed E-state index contributed by atoms with van der Waals surface area (Å²) < 4.78 is 14.1. The van der Waals surface area contributed by atoms with Gasteiger partial charge in [0.25, 0.3) is 0 Å². The summed E-state index contributed by atoms with van der Waals surface area (Å²) in [6.45, 7) is 23.2. The van der Waals surface area contributed by atoms with Crippen LogP contribution in [-0.2, 0) is 8.85 Å². The Morgan fingerprint density at radius 1 is 1.06 bits per heavy atom. The summed E-state index contributed by atoms with van der Waals surface area (Å²) in [6, 6.07) is 3.70. The van der Waals surface area contributed by atoms with Gasteiger partial charge in [-0.3, -0.25) is 0 Å². The Labute approximate surface area is 209 Å². The molecule has 0 amide bonds. The predicted octanol–water partition coefficient (Wildman–Crippen LogP) is 9.65. The molecule has 0 radical (unpaired) electrons. The van der Waals surface area contributed by atoms with Crippen molar-refractivity contribution < 1.29 is 8.85 Å². The Bertz CT molecular complexity index is 616. The number of hydrogen-bond donors (Lipinski definition) is 0. The molecular weight excluding hydrogens is 436 g/mol. The van der Waals surface area contributed by atoms with Crippen molar-refractivity contribution in [3.63, 3.8) is 0 Å². The van der Waals surface area contributed by atoms with Crippen LogP contribution in [0.4, 0.5) is 0 Å². The fourth-order valence-corrected chi connectivity index (χ4v) is 10.1. The minimum atomic E-state index is -1.78. The second-order valence-electron chi connectivity index (χ2n) is 12.4. The van der Waals surface area contributed by atoms with Gasteiger partial charge in [0.2, 0.25) is 0 Å². The average molecular weight is 493 g/mol. The van der Waals surface area contributed by atoms with E-state index < -0.39 is 16.6 Å². The first kappa shape index (κ1) is 29.1. The standard InChI is InChI=1S/C29H56O2Si2/c1-10-17-26-24(21-23-28(26)31-33(11-2,12-3)13-4)20-22-27(25-18-15-14-16-19-25)30-32(8,9)29(5,6)7/h10,21,25-28H,1,11-20,22-23H2,2-9H3. The highest BCUT2D eigenvalue weighted by Crippen LogP contribution is 2.43. The van der Waals surface area contributed by atoms with E-state index in [1.807, 2.05) is 0 Å². The van der Waals surface area contributed by atoms with E-state index in [2.05, 4.69) is 73.4 Å². The van der Waals surface area contributed by atoms with Gasteiger partial charge in [-0.05, 0) is 80.7 Å². The van der Waals surface area contributed by atoms with E-state index in [0.717, 1.165) is 18.8 Å². The van der Waals surface area contributed by atoms with Crippen molar-refractivity contribution in [3.8, 4) is 0 Å². The molecule has 0 aromatic heterocycles. The number of rotatable bonds is 13. The van der Waals surface area contributed by atoms with Crippen molar-refractivity contribution in [1.82, 2.24) is 0 Å². The van der Waals surface area contributed by atoms with Crippen LogP contribution in [0.15, 0.2) is 24.3 Å². The second-order valence-corrected chi connectivity index (χ2v) is 21.9. The highest BCUT2D eigenvalue weighted by molar-refractivity contribution is 6.74. The molecule has 2 aliphatic carbocycles. The van der Waals surface area contributed by atoms with Gasteiger partial charge in [0, 0.05) is 12.0 Å². The van der Waals surface area contributed by atoms with E-state index in [-0.39, 0.29) is 5.04 Å². The summed E-state index contributed by atoms with van der Waals surface area (Å²) in [5.74, 6) is 1.28. The summed E-state index contributed by atoms with van der Waals surface area (Å²) in [4.78, 5) is 0. The molecule has 0 spiro atoms. The molecule has 33 heavy (non-hydrogen) atoms. The summed E-state index contributed by atoms with van der Waals surface area (Å²) >= 11 is 0. The van der Waals surface area contributed by atoms with E-state index in [9.17, 15) is 0 Å². The lowest BCUT2D eigenvalue weighted by Gasteiger charge is -2.42. The van der Waals surface area contributed by atoms with E-state index in [1.165, 1.54) is 63.1 Å². The highest BCUT2D eigenvalue weighted by atomic mass is 28.4. The molecule has 1 saturated carbocycles. The van der Waals surface area contributed by atoms with Crippen LogP contribution in [0.1, 0.15) is 99.3 Å². The van der Waals surface area contributed by atoms with Gasteiger partial charge in [0.15, 0.2) is 16.6 Å². The Balaban J connectivity index is 2.12. The topological polar surface area (TPSA) is 18.5 Å². The molecule has 1 fully saturated rings. The van der Waals surface area contributed by atoms with Crippen molar-refractivity contribution in [2.24, 2.45) is 11.8 Å². The van der Waals surface area contributed by atoms with Gasteiger partial charge in [-0.2, -0.15) is 0 Å². The summed E-state index contributed by atoms with van der Waals surface area (Å²) in [5, 5.41) is 0.269. The molecule has 0 bridgehead atoms. The lowest BCUT2D eigenvalue weighted by atomic mass is 9.82. The van der Waals surface area contributed by atoms with Crippen LogP contribution in [0.2, 0.25) is 36.3 Å². The van der Waals surface area contributed by atoms with Gasteiger partial charge in [0.1, 0.15) is 0 Å². The zero-order valence-electron chi connectivity index (χ0n) is 23.5. The third-order valence-electron chi connectivity index (χ3n) is 9.44. The Hall–Kier alpha value is -0.166. The Morgan fingerprint density at radius 2 is 1.67 bits per heavy atom. The molecule has 2 aliphatic rings. The van der Waals surface area contributed by atoms with Gasteiger partial charge in [-0.25, -0.2) is 0 Å². The zero-order valence-corrected chi connectivity index (χ0v) is 25.5. The first-order chi connectivity index (χ1) is 15.5. The van der Waals surface area contributed by atoms with Crippen molar-refractivity contribution in [3.05, 3.63) is 24.3 Å². The SMILES string of the molecule is C=CCC1C(CCC(O[Si](C)(C)C(C)(C)C)C2CCCCC2)=CCC1O[Si](CC)(CC)CC. The molecule has 0 heterocycles. The van der Waals surface area contributed by atoms with Gasteiger partial charge in [0.05, 0.1) is 6.10 Å². The molecule has 0 aromatic rings. The largest absolute Gasteiger partial charge is 0.414 e. The molecule has 3 unspecified atom stereocenters. The highest BCUT2D eigenvalue weighted by Gasteiger charge is 2.42. The predicted molar refractivity (Wildman–Crippen MR) is 151 cm³/mol. The third kappa shape index (κ3) is 7.66. The van der Waals surface area contributed by atoms with Crippen molar-refractivity contribution in [2.75, 3.05) is 0 Å². The van der Waals surface area contributed by atoms with Crippen LogP contribution in [0, 0.1) is 11.8 Å². The second kappa shape index (κ2) is 12.7. The molecule has 2 rings (SSSR count). The molecular formula is C29H56O2Si2. The van der Waals surface area contributed by atoms with E-state index in [1.54, 1.807) is 5.57 Å². The van der Waals surface area contributed by atoms with Crippen LogP contribution in [0.3, 0.4) is 0 Å². The van der Waals surface area contributed by atoms with Crippen LogP contribution in [-0.4, -0.2) is 28.8 Å². The number of allylic oxidation sites excluding steroid dienone is 1. The van der Waals surface area contributed by atoms with Crippen molar-refractivity contribution >= 4 is 16.6 Å². The molecule has 0 saturated heterocycles. The zero-order chi connectivity index (χ0) is 24.7. The van der Waals surface area contributed by atoms with E-state index in [0.29, 0.717) is 18.1 Å². The maximum Gasteiger partial charge on any atom is 0.192 e. The molecule has 4 heteroatoms. The average Bonchev–Trinajstić information content (AvgIpc) is 3.16. The molecule has 3 atom stereocenters. The fraction of sp³-hybridized carbons (Fsp3) is 0.862. The van der Waals surface area contributed by atoms with Gasteiger partial charge < -0.3 is 8.85 Å². The summed E-state index contributed by atoms with van der Waals surface area (Å²) in [7, 11) is -3.37. The lowest BCUT2D eigenvalue weighted by Crippen LogP contribution is -2.46. The van der Waals surface area contributed by atoms with Gasteiger partial charge in [-0.15, -0.1) is 6.58 Å². The van der Waals surface area contributed by atoms with Crippen molar-refractivity contribution in [2.45, 2.75) is 148 Å². The maximum atomic E-state index is 7.12. The van der Waals surface area contributed by atoms with Crippen LogP contribution in [0.25, 0.3) is 0 Å². The fourth-order valence-electron chi connectivity index (χ4n) is 5.80. The molecule has 0 aliphatic heterocycles. The number of hydrogen-bond acceptors (Lipinski definition) is 2. The van der Waals surface area contributed by atoms with Crippen molar-refractivity contribution in [1.29, 1.82) is 0 Å². The van der Waals surface area contributed by atoms with Crippen LogP contribution in [0.5, 0.6) is 0 Å². The minimum Gasteiger partial charge on any atom is -0.414 e. The quantitative estimate of drug-likeness (QED) is 0.188. The summed E-state index contributed by atoms with van der Waals surface area (Å²) in [5.41, 5.74) is 1.63. The summed E-state index contributed by atoms with van der Waals surface area (Å²) in [6.07, 6.45) is 16.9. The first-order valence-corrected chi connectivity index (χ1v) is 19.6. The normalized spacial score (nSPS) is 24.1. The smallest absolute Gasteiger partial charge is 0.192 e. The third-order valence-corrected chi connectivity index (χ3v) is 18.6. The first-order valence-electron chi connectivity index (χ1n) is 14.2. The molecule has 2 nitrogen and oxygen atoms in total. The van der Waals surface area contributed by atoms with Crippen LogP contribution < -0.4 is 0 Å².